The quantitative estimate of drug-likeness (QED) is 0.549. The maximum atomic E-state index is 7.69. The van der Waals surface area contributed by atoms with Gasteiger partial charge in [-0.3, -0.25) is 10.4 Å². The zero-order chi connectivity index (χ0) is 10.4. The zero-order valence-electron chi connectivity index (χ0n) is 8.54. The standard InChI is InChI=1S/C11H15N3/c1-10(2)7-11(10,9(12)13)8-5-3-4-6-14-8/h3-6H,7H2,1-2H3,(H3,12,13). The first-order valence-corrected chi connectivity index (χ1v) is 4.77. The Hall–Kier alpha value is -1.38. The number of aromatic nitrogens is 1. The summed E-state index contributed by atoms with van der Waals surface area (Å²) in [5.74, 6) is 0.237. The van der Waals surface area contributed by atoms with Gasteiger partial charge in [-0.25, -0.2) is 0 Å². The topological polar surface area (TPSA) is 62.8 Å². The van der Waals surface area contributed by atoms with Crippen molar-refractivity contribution in [2.24, 2.45) is 11.1 Å². The Balaban J connectivity index is 2.47. The molecule has 0 spiro atoms. The second-order valence-corrected chi connectivity index (χ2v) is 4.59. The molecule has 74 valence electrons. The van der Waals surface area contributed by atoms with E-state index in [0.717, 1.165) is 12.1 Å². The van der Waals surface area contributed by atoms with Crippen LogP contribution in [0, 0.1) is 10.8 Å². The molecule has 1 aliphatic rings. The van der Waals surface area contributed by atoms with E-state index < -0.39 is 0 Å². The summed E-state index contributed by atoms with van der Waals surface area (Å²) in [6.45, 7) is 4.26. The van der Waals surface area contributed by atoms with Gasteiger partial charge in [0.05, 0.1) is 11.1 Å². The van der Waals surface area contributed by atoms with E-state index in [0.29, 0.717) is 0 Å². The van der Waals surface area contributed by atoms with Gasteiger partial charge in [0.25, 0.3) is 0 Å². The van der Waals surface area contributed by atoms with Crippen LogP contribution >= 0.6 is 0 Å². The third kappa shape index (κ3) is 0.983. The average Bonchev–Trinajstić information content (AvgIpc) is 2.72. The first-order valence-electron chi connectivity index (χ1n) is 4.77. The van der Waals surface area contributed by atoms with Gasteiger partial charge in [0.2, 0.25) is 0 Å². The van der Waals surface area contributed by atoms with E-state index in [4.69, 9.17) is 11.1 Å². The summed E-state index contributed by atoms with van der Waals surface area (Å²) in [5, 5.41) is 7.69. The van der Waals surface area contributed by atoms with Crippen molar-refractivity contribution in [3.63, 3.8) is 0 Å². The van der Waals surface area contributed by atoms with Gasteiger partial charge in [0, 0.05) is 6.20 Å². The number of rotatable bonds is 2. The van der Waals surface area contributed by atoms with E-state index in [2.05, 4.69) is 18.8 Å². The smallest absolute Gasteiger partial charge is 0.104 e. The molecule has 1 aliphatic carbocycles. The Morgan fingerprint density at radius 1 is 1.50 bits per heavy atom. The van der Waals surface area contributed by atoms with Crippen LogP contribution in [0.5, 0.6) is 0 Å². The van der Waals surface area contributed by atoms with E-state index in [1.807, 2.05) is 18.2 Å². The molecule has 1 saturated carbocycles. The summed E-state index contributed by atoms with van der Waals surface area (Å²) in [5.41, 5.74) is 6.38. The number of nitrogens with zero attached hydrogens (tertiary/aromatic N) is 1. The van der Waals surface area contributed by atoms with Gasteiger partial charge in [0.15, 0.2) is 0 Å². The van der Waals surface area contributed by atoms with Gasteiger partial charge in [-0.1, -0.05) is 19.9 Å². The Kier molecular flexibility index (Phi) is 1.68. The summed E-state index contributed by atoms with van der Waals surface area (Å²) in [7, 11) is 0. The highest BCUT2D eigenvalue weighted by molar-refractivity contribution is 5.93. The molecule has 1 atom stereocenters. The Bertz CT molecular complexity index is 369. The van der Waals surface area contributed by atoms with Crippen LogP contribution in [-0.4, -0.2) is 10.8 Å². The first-order chi connectivity index (χ1) is 6.51. The minimum Gasteiger partial charge on any atom is -0.387 e. The van der Waals surface area contributed by atoms with Crippen molar-refractivity contribution in [1.29, 1.82) is 5.41 Å². The van der Waals surface area contributed by atoms with Gasteiger partial charge < -0.3 is 5.73 Å². The molecule has 1 aromatic heterocycles. The SMILES string of the molecule is CC1(C)CC1(C(=N)N)c1ccccn1. The van der Waals surface area contributed by atoms with Crippen molar-refractivity contribution in [2.75, 3.05) is 0 Å². The van der Waals surface area contributed by atoms with Crippen molar-refractivity contribution >= 4 is 5.84 Å². The molecule has 0 radical (unpaired) electrons. The molecule has 3 nitrogen and oxygen atoms in total. The number of hydrogen-bond donors (Lipinski definition) is 2. The molecule has 0 amide bonds. The lowest BCUT2D eigenvalue weighted by Gasteiger charge is -2.18. The van der Waals surface area contributed by atoms with Crippen LogP contribution in [-0.2, 0) is 5.41 Å². The van der Waals surface area contributed by atoms with Crippen molar-refractivity contribution in [2.45, 2.75) is 25.7 Å². The second kappa shape index (κ2) is 2.56. The van der Waals surface area contributed by atoms with Crippen LogP contribution in [0.3, 0.4) is 0 Å². The van der Waals surface area contributed by atoms with Crippen LogP contribution in [0.2, 0.25) is 0 Å². The predicted molar refractivity (Wildman–Crippen MR) is 56.2 cm³/mol. The molecule has 3 N–H and O–H groups in total. The molecule has 3 heteroatoms. The number of amidine groups is 1. The highest BCUT2D eigenvalue weighted by atomic mass is 14.9. The molecule has 1 heterocycles. The van der Waals surface area contributed by atoms with Crippen LogP contribution in [0.25, 0.3) is 0 Å². The lowest BCUT2D eigenvalue weighted by molar-refractivity contribution is 0.569. The third-order valence-corrected chi connectivity index (χ3v) is 3.30. The summed E-state index contributed by atoms with van der Waals surface area (Å²) in [6, 6.07) is 5.78. The van der Waals surface area contributed by atoms with Gasteiger partial charge >= 0.3 is 0 Å². The van der Waals surface area contributed by atoms with Crippen molar-refractivity contribution in [3.8, 4) is 0 Å². The van der Waals surface area contributed by atoms with E-state index in [9.17, 15) is 0 Å². The highest BCUT2D eigenvalue weighted by Gasteiger charge is 2.65. The summed E-state index contributed by atoms with van der Waals surface area (Å²) in [4.78, 5) is 4.31. The van der Waals surface area contributed by atoms with E-state index in [1.165, 1.54) is 0 Å². The van der Waals surface area contributed by atoms with Crippen LogP contribution in [0.4, 0.5) is 0 Å². The van der Waals surface area contributed by atoms with Crippen molar-refractivity contribution < 1.29 is 0 Å². The maximum absolute atomic E-state index is 7.69. The summed E-state index contributed by atoms with van der Waals surface area (Å²) < 4.78 is 0. The molecule has 1 fully saturated rings. The monoisotopic (exact) mass is 189 g/mol. The van der Waals surface area contributed by atoms with Crippen LogP contribution in [0.15, 0.2) is 24.4 Å². The molecule has 0 aromatic carbocycles. The predicted octanol–water partition coefficient (Wildman–Crippen LogP) is 1.69. The third-order valence-electron chi connectivity index (χ3n) is 3.30. The number of hydrogen-bond acceptors (Lipinski definition) is 2. The number of pyridine rings is 1. The fourth-order valence-electron chi connectivity index (χ4n) is 2.27. The zero-order valence-corrected chi connectivity index (χ0v) is 8.54. The normalized spacial score (nSPS) is 28.4. The van der Waals surface area contributed by atoms with Crippen LogP contribution in [0.1, 0.15) is 26.0 Å². The Morgan fingerprint density at radius 3 is 2.50 bits per heavy atom. The number of nitrogens with two attached hydrogens (primary N) is 1. The number of nitrogens with one attached hydrogen (secondary N) is 1. The Labute approximate surface area is 83.9 Å². The molecule has 2 rings (SSSR count). The van der Waals surface area contributed by atoms with Crippen molar-refractivity contribution in [1.82, 2.24) is 4.98 Å². The largest absolute Gasteiger partial charge is 0.387 e. The lowest BCUT2D eigenvalue weighted by atomic mass is 9.90. The second-order valence-electron chi connectivity index (χ2n) is 4.59. The minimum absolute atomic E-state index is 0.0766. The minimum atomic E-state index is -0.311. The van der Waals surface area contributed by atoms with Gasteiger partial charge in [-0.2, -0.15) is 0 Å². The summed E-state index contributed by atoms with van der Waals surface area (Å²) >= 11 is 0. The fourth-order valence-corrected chi connectivity index (χ4v) is 2.27. The molecule has 1 aromatic rings. The fraction of sp³-hybridized carbons (Fsp3) is 0.455. The first kappa shape index (κ1) is 9.19. The summed E-state index contributed by atoms with van der Waals surface area (Å²) in [6.07, 6.45) is 2.68. The molecular formula is C11H15N3. The highest BCUT2D eigenvalue weighted by Crippen LogP contribution is 2.63. The van der Waals surface area contributed by atoms with E-state index >= 15 is 0 Å². The van der Waals surface area contributed by atoms with Crippen LogP contribution < -0.4 is 5.73 Å². The molecule has 0 saturated heterocycles. The van der Waals surface area contributed by atoms with Crippen molar-refractivity contribution in [3.05, 3.63) is 30.1 Å². The van der Waals surface area contributed by atoms with Gasteiger partial charge in [-0.15, -0.1) is 0 Å². The Morgan fingerprint density at radius 2 is 2.14 bits per heavy atom. The van der Waals surface area contributed by atoms with Gasteiger partial charge in [0.1, 0.15) is 5.84 Å². The lowest BCUT2D eigenvalue weighted by Crippen LogP contribution is -2.32. The molecule has 0 bridgehead atoms. The molecule has 0 aliphatic heterocycles. The molecule has 14 heavy (non-hydrogen) atoms. The molecular weight excluding hydrogens is 174 g/mol. The average molecular weight is 189 g/mol. The molecule has 1 unspecified atom stereocenters. The van der Waals surface area contributed by atoms with E-state index in [1.54, 1.807) is 6.20 Å². The maximum Gasteiger partial charge on any atom is 0.104 e. The van der Waals surface area contributed by atoms with Gasteiger partial charge in [-0.05, 0) is 24.0 Å². The van der Waals surface area contributed by atoms with E-state index in [-0.39, 0.29) is 16.7 Å².